The minimum absolute atomic E-state index is 0.160. The van der Waals surface area contributed by atoms with Gasteiger partial charge in [0.15, 0.2) is 0 Å². The van der Waals surface area contributed by atoms with E-state index in [1.54, 1.807) is 48.0 Å². The van der Waals surface area contributed by atoms with Crippen LogP contribution < -0.4 is 10.6 Å². The highest BCUT2D eigenvalue weighted by atomic mass is 35.5. The Bertz CT molecular complexity index is 940. The summed E-state index contributed by atoms with van der Waals surface area (Å²) in [5, 5.41) is 21.6. The Kier molecular flexibility index (Phi) is 7.12. The first-order valence-corrected chi connectivity index (χ1v) is 9.76. The second-order valence-corrected chi connectivity index (χ2v) is 7.34. The maximum atomic E-state index is 12.5. The van der Waals surface area contributed by atoms with Crippen molar-refractivity contribution in [3.8, 4) is 0 Å². The van der Waals surface area contributed by atoms with Gasteiger partial charge < -0.3 is 10.6 Å². The summed E-state index contributed by atoms with van der Waals surface area (Å²) in [6, 6.07) is 7.18. The molecule has 0 unspecified atom stereocenters. The Morgan fingerprint density at radius 2 is 1.37 bits per heavy atom. The molecular weight excluding hydrogens is 408 g/mol. The minimum atomic E-state index is -0.295. The number of benzene rings is 1. The van der Waals surface area contributed by atoms with Crippen LogP contribution in [0, 0.1) is 0 Å². The van der Waals surface area contributed by atoms with Crippen molar-refractivity contribution in [2.45, 2.75) is 31.8 Å². The molecule has 0 fully saturated rings. The standard InChI is InChI=1S/C19H23ClN8O2/c1-27-16(11-23-25-27)9-21-18(29)7-14(13-3-5-15(20)6-4-13)8-19(30)22-10-17-12-24-26-28(17)2/h3-6,11-12,14H,7-10H2,1-2H3,(H,21,29)(H,22,30). The number of halogens is 1. The molecule has 11 heteroatoms. The lowest BCUT2D eigenvalue weighted by molar-refractivity contribution is -0.123. The third-order valence-corrected chi connectivity index (χ3v) is 5.01. The zero-order valence-electron chi connectivity index (χ0n) is 16.7. The van der Waals surface area contributed by atoms with E-state index in [0.717, 1.165) is 17.0 Å². The number of hydrogen-bond donors (Lipinski definition) is 2. The van der Waals surface area contributed by atoms with Crippen LogP contribution in [-0.2, 0) is 36.8 Å². The first-order chi connectivity index (χ1) is 14.4. The summed E-state index contributed by atoms with van der Waals surface area (Å²) >= 11 is 5.98. The summed E-state index contributed by atoms with van der Waals surface area (Å²) < 4.78 is 3.19. The highest BCUT2D eigenvalue weighted by Gasteiger charge is 2.20. The lowest BCUT2D eigenvalue weighted by Gasteiger charge is -2.17. The van der Waals surface area contributed by atoms with E-state index in [1.807, 2.05) is 12.1 Å². The van der Waals surface area contributed by atoms with Crippen LogP contribution in [-0.4, -0.2) is 41.8 Å². The first-order valence-electron chi connectivity index (χ1n) is 9.38. The highest BCUT2D eigenvalue weighted by molar-refractivity contribution is 6.30. The number of rotatable bonds is 9. The molecule has 2 aromatic heterocycles. The van der Waals surface area contributed by atoms with Crippen LogP contribution in [0.15, 0.2) is 36.7 Å². The predicted molar refractivity (Wildman–Crippen MR) is 109 cm³/mol. The highest BCUT2D eigenvalue weighted by Crippen LogP contribution is 2.25. The maximum Gasteiger partial charge on any atom is 0.220 e. The molecule has 2 heterocycles. The van der Waals surface area contributed by atoms with Crippen molar-refractivity contribution in [2.24, 2.45) is 14.1 Å². The summed E-state index contributed by atoms with van der Waals surface area (Å²) in [5.41, 5.74) is 2.44. The zero-order chi connectivity index (χ0) is 21.5. The van der Waals surface area contributed by atoms with E-state index in [4.69, 9.17) is 11.6 Å². The molecule has 0 radical (unpaired) electrons. The van der Waals surface area contributed by atoms with Gasteiger partial charge in [0, 0.05) is 37.9 Å². The SMILES string of the molecule is Cn1nncc1CNC(=O)CC(CC(=O)NCc1cnnn1C)c1ccc(Cl)cc1. The third kappa shape index (κ3) is 5.86. The quantitative estimate of drug-likeness (QED) is 0.524. The lowest BCUT2D eigenvalue weighted by atomic mass is 9.91. The Hall–Kier alpha value is -3.27. The number of amides is 2. The number of nitrogens with zero attached hydrogens (tertiary/aromatic N) is 6. The summed E-state index contributed by atoms with van der Waals surface area (Å²) in [5.74, 6) is -0.629. The summed E-state index contributed by atoms with van der Waals surface area (Å²) in [4.78, 5) is 25.1. The van der Waals surface area contributed by atoms with Gasteiger partial charge in [0.05, 0.1) is 36.9 Å². The van der Waals surface area contributed by atoms with E-state index in [0.29, 0.717) is 18.1 Å². The molecule has 0 aliphatic heterocycles. The number of carbonyl (C=O) groups is 2. The molecule has 1 aromatic carbocycles. The fourth-order valence-electron chi connectivity index (χ4n) is 2.95. The van der Waals surface area contributed by atoms with Gasteiger partial charge in [-0.25, -0.2) is 0 Å². The van der Waals surface area contributed by atoms with Crippen LogP contribution in [0.5, 0.6) is 0 Å². The molecule has 0 saturated carbocycles. The van der Waals surface area contributed by atoms with E-state index in [9.17, 15) is 9.59 Å². The average molecular weight is 431 g/mol. The molecule has 158 valence electrons. The number of aryl methyl sites for hydroxylation is 2. The Labute approximate surface area is 178 Å². The van der Waals surface area contributed by atoms with Crippen molar-refractivity contribution < 1.29 is 9.59 Å². The Morgan fingerprint density at radius 3 is 1.77 bits per heavy atom. The third-order valence-electron chi connectivity index (χ3n) is 4.75. The van der Waals surface area contributed by atoms with Crippen LogP contribution in [0.1, 0.15) is 35.7 Å². The first kappa shape index (κ1) is 21.4. The molecule has 0 aliphatic carbocycles. The van der Waals surface area contributed by atoms with E-state index >= 15 is 0 Å². The summed E-state index contributed by atoms with van der Waals surface area (Å²) in [7, 11) is 3.51. The van der Waals surface area contributed by atoms with Crippen LogP contribution in [0.25, 0.3) is 0 Å². The van der Waals surface area contributed by atoms with Gasteiger partial charge in [-0.3, -0.25) is 19.0 Å². The van der Waals surface area contributed by atoms with Gasteiger partial charge in [0.25, 0.3) is 0 Å². The van der Waals surface area contributed by atoms with Gasteiger partial charge in [0.2, 0.25) is 11.8 Å². The molecule has 0 spiro atoms. The van der Waals surface area contributed by atoms with Gasteiger partial charge in [0.1, 0.15) is 0 Å². The van der Waals surface area contributed by atoms with Crippen molar-refractivity contribution in [1.82, 2.24) is 40.6 Å². The second-order valence-electron chi connectivity index (χ2n) is 6.91. The maximum absolute atomic E-state index is 12.5. The van der Waals surface area contributed by atoms with Gasteiger partial charge in [-0.15, -0.1) is 10.2 Å². The molecule has 0 bridgehead atoms. The van der Waals surface area contributed by atoms with Crippen molar-refractivity contribution in [3.05, 3.63) is 58.6 Å². The molecule has 3 aromatic rings. The van der Waals surface area contributed by atoms with E-state index in [-0.39, 0.29) is 30.6 Å². The fourth-order valence-corrected chi connectivity index (χ4v) is 3.08. The zero-order valence-corrected chi connectivity index (χ0v) is 17.5. The lowest BCUT2D eigenvalue weighted by Crippen LogP contribution is -2.29. The second kappa shape index (κ2) is 9.97. The Balaban J connectivity index is 1.61. The number of nitrogens with one attached hydrogen (secondary N) is 2. The average Bonchev–Trinajstić information content (AvgIpc) is 3.32. The molecule has 3 rings (SSSR count). The van der Waals surface area contributed by atoms with Gasteiger partial charge >= 0.3 is 0 Å². The van der Waals surface area contributed by atoms with E-state index < -0.39 is 0 Å². The molecular formula is C19H23ClN8O2. The van der Waals surface area contributed by atoms with Crippen LogP contribution in [0.4, 0.5) is 0 Å². The van der Waals surface area contributed by atoms with Crippen molar-refractivity contribution in [3.63, 3.8) is 0 Å². The number of hydrogen-bond acceptors (Lipinski definition) is 6. The van der Waals surface area contributed by atoms with Gasteiger partial charge in [-0.05, 0) is 17.7 Å². The number of aromatic nitrogens is 6. The van der Waals surface area contributed by atoms with Gasteiger partial charge in [-0.2, -0.15) is 0 Å². The van der Waals surface area contributed by atoms with E-state index in [2.05, 4.69) is 31.3 Å². The smallest absolute Gasteiger partial charge is 0.220 e. The molecule has 30 heavy (non-hydrogen) atoms. The molecule has 0 saturated heterocycles. The minimum Gasteiger partial charge on any atom is -0.350 e. The van der Waals surface area contributed by atoms with Crippen LogP contribution in [0.2, 0.25) is 5.02 Å². The largest absolute Gasteiger partial charge is 0.350 e. The molecule has 2 N–H and O–H groups in total. The normalized spacial score (nSPS) is 10.9. The Morgan fingerprint density at radius 1 is 0.900 bits per heavy atom. The fraction of sp³-hybridized carbons (Fsp3) is 0.368. The summed E-state index contributed by atoms with van der Waals surface area (Å²) in [6.45, 7) is 0.630. The summed E-state index contributed by atoms with van der Waals surface area (Å²) in [6.07, 6.45) is 3.51. The van der Waals surface area contributed by atoms with E-state index in [1.165, 1.54) is 0 Å². The molecule has 10 nitrogen and oxygen atoms in total. The van der Waals surface area contributed by atoms with Crippen molar-refractivity contribution in [1.29, 1.82) is 0 Å². The predicted octanol–water partition coefficient (Wildman–Crippen LogP) is 1.09. The molecule has 2 amide bonds. The number of carbonyl (C=O) groups excluding carboxylic acids is 2. The van der Waals surface area contributed by atoms with Crippen LogP contribution >= 0.6 is 11.6 Å². The van der Waals surface area contributed by atoms with Crippen LogP contribution in [0.3, 0.4) is 0 Å². The molecule has 0 atom stereocenters. The topological polar surface area (TPSA) is 120 Å². The monoisotopic (exact) mass is 430 g/mol. The van der Waals surface area contributed by atoms with Crippen molar-refractivity contribution in [2.75, 3.05) is 0 Å². The van der Waals surface area contributed by atoms with Crippen molar-refractivity contribution >= 4 is 23.4 Å². The van der Waals surface area contributed by atoms with Gasteiger partial charge in [-0.1, -0.05) is 34.2 Å². The molecule has 0 aliphatic rings.